The summed E-state index contributed by atoms with van der Waals surface area (Å²) in [6.07, 6.45) is 0.607. The molecule has 0 aliphatic rings. The van der Waals surface area contributed by atoms with E-state index in [2.05, 4.69) is 0 Å². The molecule has 0 bridgehead atoms. The molecular formula is C15H15BO5. The molecule has 0 fully saturated rings. The van der Waals surface area contributed by atoms with Gasteiger partial charge in [0.1, 0.15) is 12.9 Å². The summed E-state index contributed by atoms with van der Waals surface area (Å²) in [5.41, 5.74) is 1.30. The van der Waals surface area contributed by atoms with Crippen molar-refractivity contribution in [1.82, 2.24) is 0 Å². The minimum absolute atomic E-state index is 0.0902. The van der Waals surface area contributed by atoms with Gasteiger partial charge in [-0.1, -0.05) is 30.3 Å². The Hall–Kier alpha value is -2.31. The van der Waals surface area contributed by atoms with Gasteiger partial charge in [-0.25, -0.2) is 0 Å². The highest BCUT2D eigenvalue weighted by atomic mass is 16.5. The molecule has 0 aliphatic heterocycles. The van der Waals surface area contributed by atoms with E-state index in [0.717, 1.165) is 5.56 Å². The molecule has 21 heavy (non-hydrogen) atoms. The Balaban J connectivity index is 2.34. The van der Waals surface area contributed by atoms with Gasteiger partial charge in [0, 0.05) is 11.0 Å². The van der Waals surface area contributed by atoms with Crippen LogP contribution >= 0.6 is 0 Å². The molecule has 0 radical (unpaired) electrons. The molecule has 5 nitrogen and oxygen atoms in total. The molecule has 6 heteroatoms. The lowest BCUT2D eigenvalue weighted by Crippen LogP contribution is -2.32. The van der Waals surface area contributed by atoms with Crippen molar-refractivity contribution in [2.24, 2.45) is 0 Å². The average Bonchev–Trinajstić information content (AvgIpc) is 2.52. The van der Waals surface area contributed by atoms with E-state index in [-0.39, 0.29) is 29.1 Å². The van der Waals surface area contributed by atoms with Crippen LogP contribution in [0.3, 0.4) is 0 Å². The van der Waals surface area contributed by atoms with E-state index in [0.29, 0.717) is 6.29 Å². The molecule has 0 atom stereocenters. The first-order chi connectivity index (χ1) is 10.2. The van der Waals surface area contributed by atoms with E-state index in [4.69, 9.17) is 9.47 Å². The molecule has 2 aromatic rings. The summed E-state index contributed by atoms with van der Waals surface area (Å²) in [4.78, 5) is 10.9. The first kappa shape index (κ1) is 15.1. The van der Waals surface area contributed by atoms with Crippen LogP contribution < -0.4 is 14.9 Å². The van der Waals surface area contributed by atoms with E-state index >= 15 is 0 Å². The summed E-state index contributed by atoms with van der Waals surface area (Å²) < 4.78 is 10.8. The van der Waals surface area contributed by atoms with Gasteiger partial charge in [-0.05, 0) is 17.7 Å². The zero-order valence-electron chi connectivity index (χ0n) is 11.5. The van der Waals surface area contributed by atoms with Crippen LogP contribution in [0.5, 0.6) is 11.5 Å². The van der Waals surface area contributed by atoms with E-state index in [9.17, 15) is 14.8 Å². The molecule has 0 amide bonds. The fourth-order valence-electron chi connectivity index (χ4n) is 1.94. The lowest BCUT2D eigenvalue weighted by Gasteiger charge is -2.15. The minimum atomic E-state index is -1.76. The topological polar surface area (TPSA) is 76.0 Å². The maximum atomic E-state index is 10.9. The highest BCUT2D eigenvalue weighted by molar-refractivity contribution is 6.60. The Labute approximate surface area is 122 Å². The van der Waals surface area contributed by atoms with Gasteiger partial charge in [0.2, 0.25) is 0 Å². The smallest absolute Gasteiger partial charge is 0.492 e. The summed E-state index contributed by atoms with van der Waals surface area (Å²) in [5, 5.41) is 18.9. The van der Waals surface area contributed by atoms with Crippen LogP contribution in [0.1, 0.15) is 15.9 Å². The Morgan fingerprint density at radius 3 is 2.48 bits per heavy atom. The minimum Gasteiger partial charge on any atom is -0.493 e. The Morgan fingerprint density at radius 1 is 1.19 bits per heavy atom. The number of hydrogen-bond acceptors (Lipinski definition) is 5. The highest BCUT2D eigenvalue weighted by Crippen LogP contribution is 2.27. The van der Waals surface area contributed by atoms with Crippen molar-refractivity contribution in [3.05, 3.63) is 53.6 Å². The molecule has 0 heterocycles. The SMILES string of the molecule is COc1cc(C=O)cc(B(O)O)c1OCc1ccccc1. The molecular weight excluding hydrogens is 271 g/mol. The highest BCUT2D eigenvalue weighted by Gasteiger charge is 2.22. The summed E-state index contributed by atoms with van der Waals surface area (Å²) in [5.74, 6) is 0.487. The Morgan fingerprint density at radius 2 is 1.90 bits per heavy atom. The van der Waals surface area contributed by atoms with Crippen LogP contribution in [0.25, 0.3) is 0 Å². The summed E-state index contributed by atoms with van der Waals surface area (Å²) in [7, 11) is -0.336. The normalized spacial score (nSPS) is 10.0. The van der Waals surface area contributed by atoms with Gasteiger partial charge in [0.25, 0.3) is 0 Å². The number of methoxy groups -OCH3 is 1. The van der Waals surface area contributed by atoms with Crippen LogP contribution in [0.15, 0.2) is 42.5 Å². The third-order valence-electron chi connectivity index (χ3n) is 2.97. The standard InChI is InChI=1S/C15H15BO5/c1-20-14-8-12(9-17)7-13(16(18)19)15(14)21-10-11-5-3-2-4-6-11/h2-9,18-19H,10H2,1H3. The van der Waals surface area contributed by atoms with Gasteiger partial charge in [-0.3, -0.25) is 4.79 Å². The van der Waals surface area contributed by atoms with Gasteiger partial charge in [-0.15, -0.1) is 0 Å². The number of benzene rings is 2. The lowest BCUT2D eigenvalue weighted by molar-refractivity contribution is 0.112. The third-order valence-corrected chi connectivity index (χ3v) is 2.97. The van der Waals surface area contributed by atoms with Crippen LogP contribution in [-0.4, -0.2) is 30.6 Å². The maximum absolute atomic E-state index is 10.9. The van der Waals surface area contributed by atoms with E-state index < -0.39 is 7.12 Å². The number of rotatable bonds is 6. The predicted octanol–water partition coefficient (Wildman–Crippen LogP) is 0.767. The summed E-state index contributed by atoms with van der Waals surface area (Å²) in [6.45, 7) is 0.247. The second-order valence-electron chi connectivity index (χ2n) is 4.41. The second-order valence-corrected chi connectivity index (χ2v) is 4.41. The first-order valence-corrected chi connectivity index (χ1v) is 6.35. The van der Waals surface area contributed by atoms with Gasteiger partial charge in [0.05, 0.1) is 7.11 Å². The quantitative estimate of drug-likeness (QED) is 0.606. The Bertz CT molecular complexity index is 613. The van der Waals surface area contributed by atoms with Crippen LogP contribution in [0, 0.1) is 0 Å². The van der Waals surface area contributed by atoms with Crippen molar-refractivity contribution in [3.8, 4) is 11.5 Å². The molecule has 0 aromatic heterocycles. The molecule has 2 aromatic carbocycles. The van der Waals surface area contributed by atoms with Crippen molar-refractivity contribution in [3.63, 3.8) is 0 Å². The molecule has 0 saturated heterocycles. The van der Waals surface area contributed by atoms with Gasteiger partial charge in [0.15, 0.2) is 11.5 Å². The number of carbonyl (C=O) groups excluding carboxylic acids is 1. The zero-order valence-corrected chi connectivity index (χ0v) is 11.5. The number of ether oxygens (including phenoxy) is 2. The number of carbonyl (C=O) groups is 1. The van der Waals surface area contributed by atoms with E-state index in [1.807, 2.05) is 30.3 Å². The molecule has 2 rings (SSSR count). The monoisotopic (exact) mass is 286 g/mol. The average molecular weight is 286 g/mol. The molecule has 0 spiro atoms. The summed E-state index contributed by atoms with van der Waals surface area (Å²) >= 11 is 0. The van der Waals surface area contributed by atoms with Crippen molar-refractivity contribution in [2.45, 2.75) is 6.61 Å². The molecule has 0 unspecified atom stereocenters. The molecule has 2 N–H and O–H groups in total. The van der Waals surface area contributed by atoms with Crippen molar-refractivity contribution in [1.29, 1.82) is 0 Å². The zero-order chi connectivity index (χ0) is 15.2. The van der Waals surface area contributed by atoms with E-state index in [1.54, 1.807) is 0 Å². The number of aldehydes is 1. The lowest BCUT2D eigenvalue weighted by atomic mass is 9.78. The van der Waals surface area contributed by atoms with Gasteiger partial charge < -0.3 is 19.5 Å². The Kier molecular flexibility index (Phi) is 4.97. The fraction of sp³-hybridized carbons (Fsp3) is 0.133. The van der Waals surface area contributed by atoms with Crippen LogP contribution in [0.4, 0.5) is 0 Å². The molecule has 0 aliphatic carbocycles. The van der Waals surface area contributed by atoms with Crippen LogP contribution in [0.2, 0.25) is 0 Å². The summed E-state index contributed by atoms with van der Waals surface area (Å²) in [6, 6.07) is 12.3. The maximum Gasteiger partial charge on any atom is 0.492 e. The van der Waals surface area contributed by atoms with Crippen molar-refractivity contribution < 1.29 is 24.3 Å². The molecule has 108 valence electrons. The van der Waals surface area contributed by atoms with Crippen molar-refractivity contribution >= 4 is 18.9 Å². The second kappa shape index (κ2) is 6.92. The molecule has 0 saturated carbocycles. The van der Waals surface area contributed by atoms with Gasteiger partial charge >= 0.3 is 7.12 Å². The first-order valence-electron chi connectivity index (χ1n) is 6.35. The van der Waals surface area contributed by atoms with Crippen molar-refractivity contribution in [2.75, 3.05) is 7.11 Å². The number of hydrogen-bond donors (Lipinski definition) is 2. The van der Waals surface area contributed by atoms with E-state index in [1.165, 1.54) is 19.2 Å². The van der Waals surface area contributed by atoms with Crippen LogP contribution in [-0.2, 0) is 6.61 Å². The third kappa shape index (κ3) is 3.62. The predicted molar refractivity (Wildman–Crippen MR) is 79.0 cm³/mol. The van der Waals surface area contributed by atoms with Gasteiger partial charge in [-0.2, -0.15) is 0 Å². The largest absolute Gasteiger partial charge is 0.493 e. The fourth-order valence-corrected chi connectivity index (χ4v) is 1.94.